The van der Waals surface area contributed by atoms with Gasteiger partial charge in [0.15, 0.2) is 0 Å². The van der Waals surface area contributed by atoms with E-state index in [1.54, 1.807) is 18.2 Å². The predicted octanol–water partition coefficient (Wildman–Crippen LogP) is 4.34. The van der Waals surface area contributed by atoms with Crippen LogP contribution in [0.25, 0.3) is 0 Å². The number of ether oxygens (including phenoxy) is 2. The first-order valence-corrected chi connectivity index (χ1v) is 8.55. The molecular weight excluding hydrogens is 328 g/mol. The fraction of sp³-hybridized carbons (Fsp3) is 0.474. The quantitative estimate of drug-likeness (QED) is 0.450. The molecule has 0 radical (unpaired) electrons. The van der Waals surface area contributed by atoms with Crippen LogP contribution in [0.15, 0.2) is 30.4 Å². The zero-order chi connectivity index (χ0) is 17.7. The maximum Gasteiger partial charge on any atom is 0.315 e. The molecular formula is C19H23ClO4. The largest absolute Gasteiger partial charge is 0.465 e. The average Bonchev–Trinajstić information content (AvgIpc) is 2.56. The summed E-state index contributed by atoms with van der Waals surface area (Å²) in [6, 6.07) is 5.05. The van der Waals surface area contributed by atoms with Gasteiger partial charge in [0.2, 0.25) is 0 Å². The van der Waals surface area contributed by atoms with Crippen LogP contribution >= 0.6 is 11.6 Å². The number of halogens is 1. The van der Waals surface area contributed by atoms with Crippen LogP contribution in [0.5, 0.6) is 5.75 Å². The lowest BCUT2D eigenvalue weighted by Crippen LogP contribution is -2.35. The van der Waals surface area contributed by atoms with Gasteiger partial charge >= 0.3 is 11.9 Å². The van der Waals surface area contributed by atoms with Crippen LogP contribution in [-0.4, -0.2) is 18.5 Å². The van der Waals surface area contributed by atoms with Gasteiger partial charge < -0.3 is 9.47 Å². The summed E-state index contributed by atoms with van der Waals surface area (Å²) in [5, 5.41) is 0.616. The SMILES string of the molecule is Cc1cc(OC(=O)C2CC=CCC2C(=O)OCC(C)C)ccc1Cl. The molecule has 0 amide bonds. The van der Waals surface area contributed by atoms with E-state index in [1.165, 1.54) is 0 Å². The fourth-order valence-corrected chi connectivity index (χ4v) is 2.68. The van der Waals surface area contributed by atoms with E-state index < -0.39 is 17.8 Å². The number of rotatable bonds is 5. The highest BCUT2D eigenvalue weighted by Crippen LogP contribution is 2.29. The van der Waals surface area contributed by atoms with Crippen molar-refractivity contribution in [3.8, 4) is 5.75 Å². The molecule has 0 N–H and O–H groups in total. The number of allylic oxidation sites excluding steroid dienone is 2. The van der Waals surface area contributed by atoms with E-state index in [-0.39, 0.29) is 11.9 Å². The highest BCUT2D eigenvalue weighted by Gasteiger charge is 2.36. The van der Waals surface area contributed by atoms with Crippen molar-refractivity contribution < 1.29 is 19.1 Å². The van der Waals surface area contributed by atoms with Gasteiger partial charge in [-0.2, -0.15) is 0 Å². The van der Waals surface area contributed by atoms with Crippen molar-refractivity contribution in [3.63, 3.8) is 0 Å². The van der Waals surface area contributed by atoms with Crippen molar-refractivity contribution in [3.05, 3.63) is 40.9 Å². The second-order valence-corrected chi connectivity index (χ2v) is 6.92. The van der Waals surface area contributed by atoms with Crippen LogP contribution in [0.1, 0.15) is 32.3 Å². The third-order valence-corrected chi connectivity index (χ3v) is 4.37. The van der Waals surface area contributed by atoms with Gasteiger partial charge in [0.1, 0.15) is 5.75 Å². The summed E-state index contributed by atoms with van der Waals surface area (Å²) in [5.74, 6) is -1.06. The molecule has 0 heterocycles. The summed E-state index contributed by atoms with van der Waals surface area (Å²) in [6.07, 6.45) is 4.80. The van der Waals surface area contributed by atoms with Crippen molar-refractivity contribution in [2.75, 3.05) is 6.61 Å². The van der Waals surface area contributed by atoms with Crippen molar-refractivity contribution >= 4 is 23.5 Å². The third-order valence-electron chi connectivity index (χ3n) is 3.94. The number of benzene rings is 1. The zero-order valence-electron chi connectivity index (χ0n) is 14.3. The van der Waals surface area contributed by atoms with E-state index in [1.807, 2.05) is 32.9 Å². The Balaban J connectivity index is 2.06. The number of carbonyl (C=O) groups excluding carboxylic acids is 2. The Kier molecular flexibility index (Phi) is 6.44. The minimum Gasteiger partial charge on any atom is -0.465 e. The van der Waals surface area contributed by atoms with Gasteiger partial charge in [-0.3, -0.25) is 9.59 Å². The minimum atomic E-state index is -0.523. The Morgan fingerprint density at radius 2 is 1.79 bits per heavy atom. The molecule has 1 aromatic rings. The molecule has 0 fully saturated rings. The van der Waals surface area contributed by atoms with Gasteiger partial charge in [-0.1, -0.05) is 37.6 Å². The number of esters is 2. The monoisotopic (exact) mass is 350 g/mol. The van der Waals surface area contributed by atoms with Crippen LogP contribution in [0.2, 0.25) is 5.02 Å². The molecule has 0 aliphatic heterocycles. The predicted molar refractivity (Wildman–Crippen MR) is 93.0 cm³/mol. The summed E-state index contributed by atoms with van der Waals surface area (Å²) < 4.78 is 10.8. The zero-order valence-corrected chi connectivity index (χ0v) is 15.0. The number of hydrogen-bond acceptors (Lipinski definition) is 4. The molecule has 0 spiro atoms. The molecule has 2 atom stereocenters. The summed E-state index contributed by atoms with van der Waals surface area (Å²) in [4.78, 5) is 24.8. The first-order valence-electron chi connectivity index (χ1n) is 8.18. The summed E-state index contributed by atoms with van der Waals surface area (Å²) in [6.45, 7) is 6.15. The van der Waals surface area contributed by atoms with E-state index in [9.17, 15) is 9.59 Å². The Labute approximate surface area is 147 Å². The highest BCUT2D eigenvalue weighted by atomic mass is 35.5. The van der Waals surface area contributed by atoms with Gasteiger partial charge in [-0.25, -0.2) is 0 Å². The van der Waals surface area contributed by atoms with E-state index in [0.717, 1.165) is 5.56 Å². The molecule has 0 saturated carbocycles. The topological polar surface area (TPSA) is 52.6 Å². The van der Waals surface area contributed by atoms with Gasteiger partial charge in [0.05, 0.1) is 18.4 Å². The molecule has 5 heteroatoms. The maximum absolute atomic E-state index is 12.5. The molecule has 24 heavy (non-hydrogen) atoms. The Bertz CT molecular complexity index is 636. The molecule has 2 rings (SSSR count). The van der Waals surface area contributed by atoms with Gasteiger partial charge in [-0.05, 0) is 49.4 Å². The van der Waals surface area contributed by atoms with Crippen molar-refractivity contribution in [2.24, 2.45) is 17.8 Å². The van der Waals surface area contributed by atoms with Crippen LogP contribution in [-0.2, 0) is 14.3 Å². The lowest BCUT2D eigenvalue weighted by atomic mass is 9.83. The Morgan fingerprint density at radius 3 is 2.38 bits per heavy atom. The highest BCUT2D eigenvalue weighted by molar-refractivity contribution is 6.31. The van der Waals surface area contributed by atoms with Gasteiger partial charge in [0.25, 0.3) is 0 Å². The van der Waals surface area contributed by atoms with E-state index in [0.29, 0.717) is 30.2 Å². The number of hydrogen-bond donors (Lipinski definition) is 0. The smallest absolute Gasteiger partial charge is 0.315 e. The fourth-order valence-electron chi connectivity index (χ4n) is 2.56. The standard InChI is InChI=1S/C19H23ClO4/c1-12(2)11-23-18(21)15-6-4-5-7-16(15)19(22)24-14-8-9-17(20)13(3)10-14/h4-5,8-10,12,15-16H,6-7,11H2,1-3H3. The summed E-state index contributed by atoms with van der Waals surface area (Å²) in [7, 11) is 0. The number of carbonyl (C=O) groups is 2. The molecule has 0 bridgehead atoms. The molecule has 0 aromatic heterocycles. The molecule has 1 aliphatic rings. The Morgan fingerprint density at radius 1 is 1.17 bits per heavy atom. The first-order chi connectivity index (χ1) is 11.4. The van der Waals surface area contributed by atoms with Crippen LogP contribution in [0.3, 0.4) is 0 Å². The van der Waals surface area contributed by atoms with Crippen molar-refractivity contribution in [1.82, 2.24) is 0 Å². The molecule has 0 saturated heterocycles. The van der Waals surface area contributed by atoms with Crippen LogP contribution in [0, 0.1) is 24.7 Å². The minimum absolute atomic E-state index is 0.260. The van der Waals surface area contributed by atoms with Crippen LogP contribution in [0.4, 0.5) is 0 Å². The Hall–Kier alpha value is -1.81. The maximum atomic E-state index is 12.5. The number of aryl methyl sites for hydroxylation is 1. The van der Waals surface area contributed by atoms with Gasteiger partial charge in [0, 0.05) is 5.02 Å². The van der Waals surface area contributed by atoms with Crippen molar-refractivity contribution in [1.29, 1.82) is 0 Å². The third kappa shape index (κ3) is 4.84. The normalized spacial score (nSPS) is 20.0. The second-order valence-electron chi connectivity index (χ2n) is 6.51. The van der Waals surface area contributed by atoms with Crippen LogP contribution < -0.4 is 4.74 Å². The summed E-state index contributed by atoms with van der Waals surface area (Å²) in [5.41, 5.74) is 0.832. The lowest BCUT2D eigenvalue weighted by Gasteiger charge is -2.25. The molecule has 1 aliphatic carbocycles. The molecule has 130 valence electrons. The van der Waals surface area contributed by atoms with Gasteiger partial charge in [-0.15, -0.1) is 0 Å². The molecule has 2 unspecified atom stereocenters. The van der Waals surface area contributed by atoms with E-state index in [2.05, 4.69) is 0 Å². The van der Waals surface area contributed by atoms with E-state index in [4.69, 9.17) is 21.1 Å². The molecule has 4 nitrogen and oxygen atoms in total. The lowest BCUT2D eigenvalue weighted by molar-refractivity contribution is -0.157. The molecule has 1 aromatic carbocycles. The average molecular weight is 351 g/mol. The second kappa shape index (κ2) is 8.34. The summed E-state index contributed by atoms with van der Waals surface area (Å²) >= 11 is 5.98. The van der Waals surface area contributed by atoms with E-state index >= 15 is 0 Å². The first kappa shape index (κ1) is 18.5. The van der Waals surface area contributed by atoms with Crippen molar-refractivity contribution in [2.45, 2.75) is 33.6 Å².